The Hall–Kier alpha value is -2.68. The van der Waals surface area contributed by atoms with E-state index >= 15 is 0 Å². The highest BCUT2D eigenvalue weighted by Crippen LogP contribution is 2.34. The van der Waals surface area contributed by atoms with Crippen LogP contribution in [-0.4, -0.2) is 28.3 Å². The van der Waals surface area contributed by atoms with Gasteiger partial charge in [-0.3, -0.25) is 14.2 Å². The van der Waals surface area contributed by atoms with E-state index < -0.39 is 0 Å². The normalized spacial score (nSPS) is 11.0. The zero-order valence-corrected chi connectivity index (χ0v) is 18.7. The first-order valence-electron chi connectivity index (χ1n) is 9.21. The zero-order valence-electron chi connectivity index (χ0n) is 16.3. The van der Waals surface area contributed by atoms with Gasteiger partial charge in [-0.05, 0) is 23.6 Å². The molecule has 0 bridgehead atoms. The van der Waals surface area contributed by atoms with Crippen LogP contribution in [0.4, 0.5) is 5.69 Å². The van der Waals surface area contributed by atoms with Crippen LogP contribution in [0.3, 0.4) is 0 Å². The van der Waals surface area contributed by atoms with Gasteiger partial charge >= 0.3 is 0 Å². The molecule has 4 rings (SSSR count). The van der Waals surface area contributed by atoms with E-state index in [1.54, 1.807) is 33.9 Å². The van der Waals surface area contributed by atoms with Gasteiger partial charge in [0.1, 0.15) is 4.83 Å². The monoisotopic (exact) mass is 453 g/mol. The van der Waals surface area contributed by atoms with Gasteiger partial charge in [-0.25, -0.2) is 4.98 Å². The number of carbonyl (C=O) groups excluding carboxylic acids is 1. The van der Waals surface area contributed by atoms with Gasteiger partial charge in [-0.1, -0.05) is 42.1 Å². The van der Waals surface area contributed by atoms with Crippen molar-refractivity contribution < 1.29 is 4.79 Å². The number of rotatable bonds is 7. The minimum atomic E-state index is -0.101. The zero-order chi connectivity index (χ0) is 21.1. The minimum absolute atomic E-state index is 0.0591. The number of allylic oxidation sites excluding steroid dienone is 1. The molecule has 0 saturated heterocycles. The van der Waals surface area contributed by atoms with Crippen molar-refractivity contribution in [1.82, 2.24) is 9.55 Å². The lowest BCUT2D eigenvalue weighted by atomic mass is 10.2. The number of thioether (sulfide) groups is 1. The van der Waals surface area contributed by atoms with Crippen molar-refractivity contribution in [3.05, 3.63) is 76.2 Å². The molecule has 0 aliphatic rings. The molecule has 4 aromatic rings. The largest absolute Gasteiger partial charge is 0.315 e. The highest BCUT2D eigenvalue weighted by atomic mass is 32.2. The van der Waals surface area contributed by atoms with Crippen molar-refractivity contribution >= 4 is 56.2 Å². The Morgan fingerprint density at radius 2 is 2.03 bits per heavy atom. The highest BCUT2D eigenvalue weighted by molar-refractivity contribution is 7.99. The van der Waals surface area contributed by atoms with Gasteiger partial charge < -0.3 is 4.90 Å². The number of amides is 1. The molecule has 0 saturated carbocycles. The fourth-order valence-electron chi connectivity index (χ4n) is 3.04. The van der Waals surface area contributed by atoms with E-state index in [2.05, 4.69) is 6.58 Å². The third-order valence-corrected chi connectivity index (χ3v) is 7.34. The quantitative estimate of drug-likeness (QED) is 0.221. The van der Waals surface area contributed by atoms with E-state index in [1.165, 1.54) is 23.1 Å². The van der Waals surface area contributed by atoms with Crippen LogP contribution in [0.5, 0.6) is 0 Å². The van der Waals surface area contributed by atoms with Gasteiger partial charge in [-0.2, -0.15) is 0 Å². The second-order valence-electron chi connectivity index (χ2n) is 6.48. The number of aromatic nitrogens is 2. The first-order valence-corrected chi connectivity index (χ1v) is 12.0. The number of hydrogen-bond acceptors (Lipinski definition) is 6. The molecule has 0 radical (unpaired) electrons. The van der Waals surface area contributed by atoms with Crippen molar-refractivity contribution in [3.63, 3.8) is 0 Å². The van der Waals surface area contributed by atoms with Gasteiger partial charge in [0.05, 0.1) is 11.1 Å². The number of carbonyl (C=O) groups is 1. The average Bonchev–Trinajstić information content (AvgIpc) is 3.44. The van der Waals surface area contributed by atoms with E-state index in [0.29, 0.717) is 21.9 Å². The molecule has 0 aliphatic heterocycles. The maximum absolute atomic E-state index is 13.3. The molecular formula is C22H19N3O2S3. The molecule has 5 nitrogen and oxygen atoms in total. The lowest BCUT2D eigenvalue weighted by molar-refractivity contribution is -0.115. The number of para-hydroxylation sites is 1. The molecule has 3 heterocycles. The number of thiophene rings is 2. The van der Waals surface area contributed by atoms with Crippen molar-refractivity contribution in [2.45, 2.75) is 11.7 Å². The summed E-state index contributed by atoms with van der Waals surface area (Å²) in [5, 5.41) is 5.13. The molecule has 0 aliphatic carbocycles. The summed E-state index contributed by atoms with van der Waals surface area (Å²) in [6.07, 6.45) is 1.67. The van der Waals surface area contributed by atoms with Crippen molar-refractivity contribution in [1.29, 1.82) is 0 Å². The topological polar surface area (TPSA) is 55.2 Å². The fraction of sp³-hybridized carbons (Fsp3) is 0.136. The summed E-state index contributed by atoms with van der Waals surface area (Å²) in [5.74, 6) is 0.125. The molecule has 30 heavy (non-hydrogen) atoms. The number of benzene rings is 1. The molecule has 0 unspecified atom stereocenters. The average molecular weight is 454 g/mol. The van der Waals surface area contributed by atoms with E-state index in [9.17, 15) is 9.59 Å². The highest BCUT2D eigenvalue weighted by Gasteiger charge is 2.19. The lowest BCUT2D eigenvalue weighted by Crippen LogP contribution is -2.28. The van der Waals surface area contributed by atoms with Crippen LogP contribution in [0, 0.1) is 0 Å². The molecule has 0 N–H and O–H groups in total. The molecule has 0 spiro atoms. The second kappa shape index (κ2) is 8.99. The van der Waals surface area contributed by atoms with E-state index in [1.807, 2.05) is 53.2 Å². The Labute approximate surface area is 186 Å². The summed E-state index contributed by atoms with van der Waals surface area (Å²) < 4.78 is 1.60. The standard InChI is InChI=1S/C22H19N3O2S3/c1-3-11-25-21(27)19-16(17-10-7-12-28-17)13-29-20(19)23-22(25)30-14-18(26)24(2)15-8-5-4-6-9-15/h3-10,12-13H,1,11,14H2,2H3. The third kappa shape index (κ3) is 3.98. The van der Waals surface area contributed by atoms with Crippen LogP contribution >= 0.6 is 34.4 Å². The summed E-state index contributed by atoms with van der Waals surface area (Å²) in [6, 6.07) is 13.4. The first-order chi connectivity index (χ1) is 14.6. The minimum Gasteiger partial charge on any atom is -0.315 e. The Bertz CT molecular complexity index is 1240. The number of nitrogens with zero attached hydrogens (tertiary/aromatic N) is 3. The van der Waals surface area contributed by atoms with Crippen LogP contribution in [0.25, 0.3) is 20.7 Å². The SMILES string of the molecule is C=CCn1c(SCC(=O)N(C)c2ccccc2)nc2scc(-c3cccs3)c2c1=O. The lowest BCUT2D eigenvalue weighted by Gasteiger charge is -2.17. The van der Waals surface area contributed by atoms with Gasteiger partial charge in [0.15, 0.2) is 5.16 Å². The van der Waals surface area contributed by atoms with Crippen molar-refractivity contribution in [3.8, 4) is 10.4 Å². The molecule has 0 fully saturated rings. The van der Waals surface area contributed by atoms with Gasteiger partial charge in [0.25, 0.3) is 5.56 Å². The van der Waals surface area contributed by atoms with Gasteiger partial charge in [0, 0.05) is 35.1 Å². The fourth-order valence-corrected chi connectivity index (χ4v) is 5.76. The van der Waals surface area contributed by atoms with E-state index in [4.69, 9.17) is 4.98 Å². The summed E-state index contributed by atoms with van der Waals surface area (Å²) in [5.41, 5.74) is 1.64. The van der Waals surface area contributed by atoms with Gasteiger partial charge in [0.2, 0.25) is 5.91 Å². The maximum atomic E-state index is 13.3. The second-order valence-corrected chi connectivity index (χ2v) is 9.23. The molecule has 1 aromatic carbocycles. The summed E-state index contributed by atoms with van der Waals surface area (Å²) in [4.78, 5) is 34.0. The number of anilines is 1. The number of fused-ring (bicyclic) bond motifs is 1. The van der Waals surface area contributed by atoms with Crippen LogP contribution in [0.15, 0.2) is 75.8 Å². The molecule has 8 heteroatoms. The predicted molar refractivity (Wildman–Crippen MR) is 128 cm³/mol. The third-order valence-electron chi connectivity index (χ3n) is 4.60. The Kier molecular flexibility index (Phi) is 6.17. The molecule has 0 atom stereocenters. The molecule has 152 valence electrons. The summed E-state index contributed by atoms with van der Waals surface area (Å²) in [6.45, 7) is 4.11. The van der Waals surface area contributed by atoms with Crippen LogP contribution < -0.4 is 10.5 Å². The van der Waals surface area contributed by atoms with Crippen LogP contribution in [-0.2, 0) is 11.3 Å². The van der Waals surface area contributed by atoms with E-state index in [-0.39, 0.29) is 17.2 Å². The Balaban J connectivity index is 1.65. The van der Waals surface area contributed by atoms with Crippen molar-refractivity contribution in [2.24, 2.45) is 0 Å². The molecule has 3 aromatic heterocycles. The summed E-state index contributed by atoms with van der Waals surface area (Å²) >= 11 is 4.33. The maximum Gasteiger partial charge on any atom is 0.263 e. The smallest absolute Gasteiger partial charge is 0.263 e. The van der Waals surface area contributed by atoms with Crippen LogP contribution in [0.2, 0.25) is 0 Å². The van der Waals surface area contributed by atoms with Crippen LogP contribution in [0.1, 0.15) is 0 Å². The molecular weight excluding hydrogens is 434 g/mol. The Morgan fingerprint density at radius 1 is 1.23 bits per heavy atom. The van der Waals surface area contributed by atoms with Gasteiger partial charge in [-0.15, -0.1) is 29.3 Å². The summed E-state index contributed by atoms with van der Waals surface area (Å²) in [7, 11) is 1.75. The van der Waals surface area contributed by atoms with Crippen molar-refractivity contribution in [2.75, 3.05) is 17.7 Å². The number of hydrogen-bond donors (Lipinski definition) is 0. The van der Waals surface area contributed by atoms with E-state index in [0.717, 1.165) is 16.1 Å². The molecule has 1 amide bonds. The predicted octanol–water partition coefficient (Wildman–Crippen LogP) is 5.13. The first kappa shape index (κ1) is 20.6. The Morgan fingerprint density at radius 3 is 2.73 bits per heavy atom.